The van der Waals surface area contributed by atoms with E-state index in [0.717, 1.165) is 12.8 Å². The van der Waals surface area contributed by atoms with E-state index >= 15 is 0 Å². The van der Waals surface area contributed by atoms with Crippen molar-refractivity contribution in [3.05, 3.63) is 33.8 Å². The highest BCUT2D eigenvalue weighted by Gasteiger charge is 2.33. The predicted octanol–water partition coefficient (Wildman–Crippen LogP) is 3.22. The Morgan fingerprint density at radius 3 is 2.75 bits per heavy atom. The highest BCUT2D eigenvalue weighted by molar-refractivity contribution is 6.43. The first-order valence-corrected chi connectivity index (χ1v) is 7.21. The van der Waals surface area contributed by atoms with Gasteiger partial charge in [-0.15, -0.1) is 0 Å². The van der Waals surface area contributed by atoms with Crippen LogP contribution in [0.25, 0.3) is 0 Å². The molecule has 2 rings (SSSR count). The fraction of sp³-hybridized carbons (Fsp3) is 0.429. The Labute approximate surface area is 127 Å². The molecule has 1 aromatic carbocycles. The first-order valence-electron chi connectivity index (χ1n) is 6.45. The number of carboxylic acids is 1. The number of hydrogen-bond acceptors (Lipinski definition) is 2. The summed E-state index contributed by atoms with van der Waals surface area (Å²) >= 11 is 11.8. The van der Waals surface area contributed by atoms with Gasteiger partial charge < -0.3 is 10.4 Å². The van der Waals surface area contributed by atoms with Gasteiger partial charge in [-0.25, -0.2) is 0 Å². The lowest BCUT2D eigenvalue weighted by Crippen LogP contribution is -2.33. The van der Waals surface area contributed by atoms with E-state index in [0.29, 0.717) is 23.6 Å². The summed E-state index contributed by atoms with van der Waals surface area (Å²) in [5.74, 6) is -1.50. The van der Waals surface area contributed by atoms with Crippen molar-refractivity contribution in [1.29, 1.82) is 0 Å². The Morgan fingerprint density at radius 2 is 2.05 bits per heavy atom. The summed E-state index contributed by atoms with van der Waals surface area (Å²) in [5, 5.41) is 12.4. The summed E-state index contributed by atoms with van der Waals surface area (Å²) in [4.78, 5) is 23.1. The highest BCUT2D eigenvalue weighted by Crippen LogP contribution is 2.31. The van der Waals surface area contributed by atoms with E-state index in [1.54, 1.807) is 18.2 Å². The molecule has 0 aliphatic heterocycles. The number of carbonyl (C=O) groups excluding carboxylic acids is 1. The van der Waals surface area contributed by atoms with Crippen LogP contribution in [0.4, 0.5) is 0 Å². The summed E-state index contributed by atoms with van der Waals surface area (Å²) in [5.41, 5.74) is 0.309. The van der Waals surface area contributed by atoms with Gasteiger partial charge in [-0.2, -0.15) is 0 Å². The molecule has 108 valence electrons. The van der Waals surface area contributed by atoms with E-state index in [2.05, 4.69) is 5.32 Å². The number of nitrogens with one attached hydrogen (secondary N) is 1. The minimum atomic E-state index is -0.789. The minimum Gasteiger partial charge on any atom is -0.481 e. The molecule has 2 unspecified atom stereocenters. The molecule has 0 aromatic heterocycles. The first kappa shape index (κ1) is 15.1. The van der Waals surface area contributed by atoms with Crippen LogP contribution in [0.2, 0.25) is 10.0 Å². The Balaban J connectivity index is 1.99. The molecule has 0 saturated heterocycles. The van der Waals surface area contributed by atoms with Gasteiger partial charge in [0.25, 0.3) is 5.91 Å². The number of rotatable bonds is 4. The lowest BCUT2D eigenvalue weighted by Gasteiger charge is -2.16. The van der Waals surface area contributed by atoms with Gasteiger partial charge in [-0.05, 0) is 30.9 Å². The Kier molecular flexibility index (Phi) is 4.89. The summed E-state index contributed by atoms with van der Waals surface area (Å²) < 4.78 is 0. The molecule has 0 spiro atoms. The molecular weight excluding hydrogens is 301 g/mol. The van der Waals surface area contributed by atoms with Gasteiger partial charge in [-0.1, -0.05) is 35.7 Å². The molecule has 20 heavy (non-hydrogen) atoms. The van der Waals surface area contributed by atoms with Gasteiger partial charge in [0.2, 0.25) is 0 Å². The standard InChI is InChI=1S/C14H15Cl2NO3/c15-11-6-2-5-10(12(11)16)13(18)17-7-8-3-1-4-9(8)14(19)20/h2,5-6,8-9H,1,3-4,7H2,(H,17,18)(H,19,20). The van der Waals surface area contributed by atoms with Gasteiger partial charge >= 0.3 is 5.97 Å². The maximum atomic E-state index is 12.0. The molecule has 0 bridgehead atoms. The van der Waals surface area contributed by atoms with E-state index < -0.39 is 5.97 Å². The number of carboxylic acid groups (broad SMARTS) is 1. The molecule has 6 heteroatoms. The van der Waals surface area contributed by atoms with Crippen molar-refractivity contribution in [2.75, 3.05) is 6.54 Å². The zero-order valence-electron chi connectivity index (χ0n) is 10.7. The molecule has 1 aromatic rings. The number of halogens is 2. The Bertz CT molecular complexity index is 533. The monoisotopic (exact) mass is 315 g/mol. The smallest absolute Gasteiger partial charge is 0.306 e. The molecule has 1 aliphatic rings. The Morgan fingerprint density at radius 1 is 1.30 bits per heavy atom. The Hall–Kier alpha value is -1.26. The van der Waals surface area contributed by atoms with Crippen LogP contribution < -0.4 is 5.32 Å². The molecule has 0 heterocycles. The van der Waals surface area contributed by atoms with Crippen molar-refractivity contribution in [2.45, 2.75) is 19.3 Å². The molecule has 1 aliphatic carbocycles. The zero-order chi connectivity index (χ0) is 14.7. The minimum absolute atomic E-state index is 0.0191. The van der Waals surface area contributed by atoms with Gasteiger partial charge in [-0.3, -0.25) is 9.59 Å². The van der Waals surface area contributed by atoms with Crippen molar-refractivity contribution in [3.63, 3.8) is 0 Å². The van der Waals surface area contributed by atoms with Crippen molar-refractivity contribution in [1.82, 2.24) is 5.32 Å². The van der Waals surface area contributed by atoms with Crippen molar-refractivity contribution in [3.8, 4) is 0 Å². The van der Waals surface area contributed by atoms with E-state index in [-0.39, 0.29) is 22.8 Å². The van der Waals surface area contributed by atoms with Gasteiger partial charge in [0, 0.05) is 6.54 Å². The second-order valence-electron chi connectivity index (χ2n) is 4.95. The predicted molar refractivity (Wildman–Crippen MR) is 77.3 cm³/mol. The zero-order valence-corrected chi connectivity index (χ0v) is 12.2. The van der Waals surface area contributed by atoms with Gasteiger partial charge in [0.1, 0.15) is 0 Å². The van der Waals surface area contributed by atoms with E-state index in [1.807, 2.05) is 0 Å². The van der Waals surface area contributed by atoms with E-state index in [4.69, 9.17) is 28.3 Å². The number of amides is 1. The molecule has 4 nitrogen and oxygen atoms in total. The SMILES string of the molecule is O=C(NCC1CCCC1C(=O)O)c1cccc(Cl)c1Cl. The lowest BCUT2D eigenvalue weighted by atomic mass is 9.96. The molecule has 1 amide bonds. The van der Waals surface area contributed by atoms with E-state index in [9.17, 15) is 9.59 Å². The van der Waals surface area contributed by atoms with Crippen LogP contribution in [-0.2, 0) is 4.79 Å². The first-order chi connectivity index (χ1) is 9.50. The molecule has 1 saturated carbocycles. The fourth-order valence-electron chi connectivity index (χ4n) is 2.60. The molecule has 1 fully saturated rings. The number of benzene rings is 1. The molecule has 2 N–H and O–H groups in total. The lowest BCUT2D eigenvalue weighted by molar-refractivity contribution is -0.142. The van der Waals surface area contributed by atoms with Gasteiger partial charge in [0.05, 0.1) is 21.5 Å². The summed E-state index contributed by atoms with van der Waals surface area (Å²) in [6.07, 6.45) is 2.38. The van der Waals surface area contributed by atoms with Crippen LogP contribution in [0.15, 0.2) is 18.2 Å². The number of hydrogen-bond donors (Lipinski definition) is 2. The summed E-state index contributed by atoms with van der Waals surface area (Å²) in [7, 11) is 0. The van der Waals surface area contributed by atoms with Crippen LogP contribution in [0, 0.1) is 11.8 Å². The molecule has 0 radical (unpaired) electrons. The fourth-order valence-corrected chi connectivity index (χ4v) is 2.99. The van der Waals surface area contributed by atoms with Crippen molar-refractivity contribution < 1.29 is 14.7 Å². The summed E-state index contributed by atoms with van der Waals surface area (Å²) in [6, 6.07) is 4.85. The van der Waals surface area contributed by atoms with Crippen LogP contribution in [0.5, 0.6) is 0 Å². The van der Waals surface area contributed by atoms with Crippen LogP contribution in [0.3, 0.4) is 0 Å². The van der Waals surface area contributed by atoms with Gasteiger partial charge in [0.15, 0.2) is 0 Å². The molecule has 2 atom stereocenters. The van der Waals surface area contributed by atoms with E-state index in [1.165, 1.54) is 0 Å². The highest BCUT2D eigenvalue weighted by atomic mass is 35.5. The third kappa shape index (κ3) is 3.25. The number of aliphatic carboxylic acids is 1. The maximum absolute atomic E-state index is 12.0. The second kappa shape index (κ2) is 6.46. The molecular formula is C14H15Cl2NO3. The normalized spacial score (nSPS) is 21.7. The maximum Gasteiger partial charge on any atom is 0.306 e. The van der Waals surface area contributed by atoms with Crippen molar-refractivity contribution in [2.24, 2.45) is 11.8 Å². The van der Waals surface area contributed by atoms with Crippen molar-refractivity contribution >= 4 is 35.1 Å². The quantitative estimate of drug-likeness (QED) is 0.896. The average Bonchev–Trinajstić information content (AvgIpc) is 2.87. The third-order valence-electron chi connectivity index (χ3n) is 3.70. The average molecular weight is 316 g/mol. The topological polar surface area (TPSA) is 66.4 Å². The number of carbonyl (C=O) groups is 2. The third-order valence-corrected chi connectivity index (χ3v) is 4.52. The van der Waals surface area contributed by atoms with Crippen LogP contribution in [0.1, 0.15) is 29.6 Å². The summed E-state index contributed by atoms with van der Waals surface area (Å²) in [6.45, 7) is 0.346. The van der Waals surface area contributed by atoms with Crippen LogP contribution in [-0.4, -0.2) is 23.5 Å². The largest absolute Gasteiger partial charge is 0.481 e. The second-order valence-corrected chi connectivity index (χ2v) is 5.73. The van der Waals surface area contributed by atoms with Crippen LogP contribution >= 0.6 is 23.2 Å².